The van der Waals surface area contributed by atoms with Crippen LogP contribution in [0.5, 0.6) is 5.75 Å². The first kappa shape index (κ1) is 36.8. The summed E-state index contributed by atoms with van der Waals surface area (Å²) in [5.74, 6) is 1.97. The SMILES string of the molecule is COc1cc(N2CCN(CC3CCN(CC(=O)OC(C)(C)C)CC3)CC2)ccc1Nc1ncc(Cl)c(Nc2ccccc2N(C)[S+](C)[O-])n1. The second-order valence-corrected chi connectivity index (χ2v) is 15.4. The quantitative estimate of drug-likeness (QED) is 0.181. The molecule has 2 fully saturated rings. The molecule has 3 heterocycles. The molecule has 1 unspecified atom stereocenters. The van der Waals surface area contributed by atoms with Crippen LogP contribution in [0.4, 0.5) is 34.5 Å². The maximum atomic E-state index is 12.2. The van der Waals surface area contributed by atoms with Gasteiger partial charge in [-0.1, -0.05) is 23.7 Å². The highest BCUT2D eigenvalue weighted by Gasteiger charge is 2.27. The number of methoxy groups -OCH3 is 1. The molecule has 266 valence electrons. The van der Waals surface area contributed by atoms with E-state index in [-0.39, 0.29) is 5.97 Å². The zero-order chi connectivity index (χ0) is 35.1. The molecule has 0 aliphatic carbocycles. The molecule has 2 N–H and O–H groups in total. The number of nitrogens with one attached hydrogen (secondary N) is 2. The predicted octanol–water partition coefficient (Wildman–Crippen LogP) is 5.53. The van der Waals surface area contributed by atoms with Gasteiger partial charge in [0, 0.05) is 44.5 Å². The van der Waals surface area contributed by atoms with Gasteiger partial charge in [-0.3, -0.25) is 14.6 Å². The van der Waals surface area contributed by atoms with Crippen LogP contribution in [0.1, 0.15) is 33.6 Å². The van der Waals surface area contributed by atoms with Crippen LogP contribution in [-0.4, -0.2) is 109 Å². The van der Waals surface area contributed by atoms with Gasteiger partial charge in [-0.25, -0.2) is 4.98 Å². The Bertz CT molecular complexity index is 1560. The van der Waals surface area contributed by atoms with E-state index >= 15 is 0 Å². The molecule has 2 aromatic carbocycles. The number of esters is 1. The Labute approximate surface area is 298 Å². The lowest BCUT2D eigenvalue weighted by molar-refractivity contribution is -0.156. The third-order valence-corrected chi connectivity index (χ3v) is 10.0. The predicted molar refractivity (Wildman–Crippen MR) is 199 cm³/mol. The number of halogens is 1. The lowest BCUT2D eigenvalue weighted by atomic mass is 9.96. The minimum atomic E-state index is -1.20. The summed E-state index contributed by atoms with van der Waals surface area (Å²) in [6.45, 7) is 13.0. The number of nitrogens with zero attached hydrogens (tertiary/aromatic N) is 6. The van der Waals surface area contributed by atoms with Crippen LogP contribution in [0, 0.1) is 5.92 Å². The van der Waals surface area contributed by atoms with Crippen LogP contribution in [-0.2, 0) is 20.9 Å². The molecule has 3 aromatic rings. The fraction of sp³-hybridized carbons (Fsp3) is 0.514. The second-order valence-electron chi connectivity index (χ2n) is 13.6. The Morgan fingerprint density at radius 3 is 2.43 bits per heavy atom. The summed E-state index contributed by atoms with van der Waals surface area (Å²) in [5, 5.41) is 6.90. The van der Waals surface area contributed by atoms with Gasteiger partial charge in [0.25, 0.3) is 0 Å². The number of hydrogen-bond donors (Lipinski definition) is 2. The number of carbonyl (C=O) groups excluding carboxylic acids is 1. The van der Waals surface area contributed by atoms with Crippen LogP contribution in [0.25, 0.3) is 0 Å². The molecule has 14 heteroatoms. The summed E-state index contributed by atoms with van der Waals surface area (Å²) in [7, 11) is 3.42. The van der Waals surface area contributed by atoms with E-state index in [1.165, 1.54) is 6.20 Å². The number of piperidine rings is 1. The van der Waals surface area contributed by atoms with Crippen molar-refractivity contribution in [1.82, 2.24) is 19.8 Å². The monoisotopic (exact) mass is 712 g/mol. The van der Waals surface area contributed by atoms with Gasteiger partial charge in [0.2, 0.25) is 5.95 Å². The van der Waals surface area contributed by atoms with Crippen LogP contribution < -0.4 is 24.6 Å². The Balaban J connectivity index is 1.14. The number of hydrogen-bond acceptors (Lipinski definition) is 12. The third kappa shape index (κ3) is 10.3. The first-order valence-electron chi connectivity index (χ1n) is 16.7. The summed E-state index contributed by atoms with van der Waals surface area (Å²) in [4.78, 5) is 28.4. The van der Waals surface area contributed by atoms with Crippen molar-refractivity contribution in [2.24, 2.45) is 5.92 Å². The topological polar surface area (TPSA) is 121 Å². The van der Waals surface area contributed by atoms with Crippen molar-refractivity contribution in [3.63, 3.8) is 0 Å². The number of anilines is 6. The van der Waals surface area contributed by atoms with E-state index in [1.54, 1.807) is 24.7 Å². The van der Waals surface area contributed by atoms with Crippen molar-refractivity contribution in [3.8, 4) is 5.75 Å². The van der Waals surface area contributed by atoms with Gasteiger partial charge in [-0.05, 0) is 76.9 Å². The van der Waals surface area contributed by atoms with E-state index in [9.17, 15) is 9.35 Å². The van der Waals surface area contributed by atoms with Crippen molar-refractivity contribution >= 4 is 63.4 Å². The smallest absolute Gasteiger partial charge is 0.320 e. The summed E-state index contributed by atoms with van der Waals surface area (Å²) < 4.78 is 25.1. The first-order valence-corrected chi connectivity index (χ1v) is 18.6. The van der Waals surface area contributed by atoms with Crippen molar-refractivity contribution < 1.29 is 18.8 Å². The number of piperazine rings is 1. The van der Waals surface area contributed by atoms with Crippen molar-refractivity contribution in [2.75, 3.05) is 92.6 Å². The molecule has 2 aliphatic heterocycles. The van der Waals surface area contributed by atoms with Gasteiger partial charge in [-0.15, -0.1) is 0 Å². The average molecular weight is 713 g/mol. The van der Waals surface area contributed by atoms with Gasteiger partial charge in [-0.2, -0.15) is 9.29 Å². The van der Waals surface area contributed by atoms with E-state index in [0.717, 1.165) is 81.4 Å². The van der Waals surface area contributed by atoms with E-state index in [2.05, 4.69) is 41.4 Å². The van der Waals surface area contributed by atoms with Crippen molar-refractivity contribution in [2.45, 2.75) is 39.2 Å². The molecule has 0 spiro atoms. The van der Waals surface area contributed by atoms with Gasteiger partial charge in [0.1, 0.15) is 28.3 Å². The van der Waals surface area contributed by atoms with E-state index < -0.39 is 17.0 Å². The molecule has 0 saturated carbocycles. The van der Waals surface area contributed by atoms with Gasteiger partial charge >= 0.3 is 5.97 Å². The lowest BCUT2D eigenvalue weighted by Gasteiger charge is -2.39. The highest BCUT2D eigenvalue weighted by Crippen LogP contribution is 2.34. The average Bonchev–Trinajstić information content (AvgIpc) is 3.06. The Kier molecular flexibility index (Phi) is 12.4. The summed E-state index contributed by atoms with van der Waals surface area (Å²) in [6.07, 6.45) is 5.38. The minimum Gasteiger partial charge on any atom is -0.593 e. The number of para-hydroxylation sites is 2. The van der Waals surface area contributed by atoms with Crippen molar-refractivity contribution in [3.05, 3.63) is 53.7 Å². The van der Waals surface area contributed by atoms with E-state index in [0.29, 0.717) is 35.0 Å². The summed E-state index contributed by atoms with van der Waals surface area (Å²) >= 11 is 5.27. The Morgan fingerprint density at radius 1 is 1.04 bits per heavy atom. The van der Waals surface area contributed by atoms with Crippen LogP contribution in [0.2, 0.25) is 5.02 Å². The maximum absolute atomic E-state index is 12.2. The molecule has 5 rings (SSSR count). The Morgan fingerprint density at radius 2 is 1.76 bits per heavy atom. The molecule has 2 aliphatic rings. The molecule has 1 aromatic heterocycles. The molecule has 49 heavy (non-hydrogen) atoms. The molecule has 1 atom stereocenters. The number of likely N-dealkylation sites (tertiary alicyclic amines) is 1. The minimum absolute atomic E-state index is 0.137. The Hall–Kier alpha value is -3.49. The largest absolute Gasteiger partial charge is 0.593 e. The van der Waals surface area contributed by atoms with Crippen LogP contribution in [0.15, 0.2) is 48.7 Å². The van der Waals surface area contributed by atoms with Gasteiger partial charge < -0.3 is 29.6 Å². The van der Waals surface area contributed by atoms with Gasteiger partial charge in [0.05, 0.1) is 49.6 Å². The zero-order valence-electron chi connectivity index (χ0n) is 29.4. The molecule has 12 nitrogen and oxygen atoms in total. The normalized spacial score (nSPS) is 17.0. The fourth-order valence-electron chi connectivity index (χ4n) is 6.17. The zero-order valence-corrected chi connectivity index (χ0v) is 30.9. The molecular formula is C35H49ClN8O4S. The van der Waals surface area contributed by atoms with Crippen LogP contribution in [0.3, 0.4) is 0 Å². The number of benzene rings is 2. The maximum Gasteiger partial charge on any atom is 0.320 e. The number of carbonyl (C=O) groups is 1. The molecule has 2 saturated heterocycles. The van der Waals surface area contributed by atoms with Crippen molar-refractivity contribution in [1.29, 1.82) is 0 Å². The second kappa shape index (κ2) is 16.5. The number of rotatable bonds is 12. The van der Waals surface area contributed by atoms with Gasteiger partial charge in [0.15, 0.2) is 5.82 Å². The molecule has 0 radical (unpaired) electrons. The first-order chi connectivity index (χ1) is 23.4. The number of aromatic nitrogens is 2. The summed E-state index contributed by atoms with van der Waals surface area (Å²) in [6, 6.07) is 13.7. The summed E-state index contributed by atoms with van der Waals surface area (Å²) in [5.41, 5.74) is 2.86. The molecule has 0 bridgehead atoms. The lowest BCUT2D eigenvalue weighted by Crippen LogP contribution is -2.49. The fourth-order valence-corrected chi connectivity index (χ4v) is 6.75. The third-order valence-electron chi connectivity index (χ3n) is 8.79. The van der Waals surface area contributed by atoms with E-state index in [1.807, 2.05) is 57.2 Å². The van der Waals surface area contributed by atoms with E-state index in [4.69, 9.17) is 21.1 Å². The van der Waals surface area contributed by atoms with Crippen LogP contribution >= 0.6 is 11.6 Å². The highest BCUT2D eigenvalue weighted by atomic mass is 35.5. The molecule has 0 amide bonds. The standard InChI is InChI=1S/C35H49ClN8O4S/c1-35(2,3)48-32(45)24-42-15-13-25(14-16-42)23-43-17-19-44(20-18-43)26-11-12-29(31(21-26)47-5)39-34-37-22-27(36)33(40-34)38-28-9-7-8-10-30(28)41(4)49(6)46/h7-12,21-22,25H,13-20,23-24H2,1-6H3,(H2,37,38,39,40). The molecular weight excluding hydrogens is 664 g/mol. The highest BCUT2D eigenvalue weighted by molar-refractivity contribution is 7.92. The number of ether oxygens (including phenoxy) is 2.